The van der Waals surface area contributed by atoms with Crippen LogP contribution in [0.1, 0.15) is 165 Å². The van der Waals surface area contributed by atoms with Crippen molar-refractivity contribution in [2.75, 3.05) is 52.2 Å². The van der Waals surface area contributed by atoms with Crippen molar-refractivity contribution in [2.24, 2.45) is 23.7 Å². The third-order valence-electron chi connectivity index (χ3n) is 9.58. The fourth-order valence-corrected chi connectivity index (χ4v) is 9.52. The molecule has 0 saturated heterocycles. The van der Waals surface area contributed by atoms with Crippen LogP contribution in [0.3, 0.4) is 0 Å². The van der Waals surface area contributed by atoms with Crippen LogP contribution in [0.5, 0.6) is 0 Å². The molecule has 284 valence electrons. The highest BCUT2D eigenvalue weighted by atomic mass is 31.2. The summed E-state index contributed by atoms with van der Waals surface area (Å²) in [5.41, 5.74) is 0. The number of unbranched alkanes of at least 4 members (excludes halogenated alkanes) is 4. The maximum Gasteiger partial charge on any atom is 0.344 e. The van der Waals surface area contributed by atoms with E-state index in [1.807, 2.05) is 4.90 Å². The number of aliphatic hydroxyl groups excluding tert-OH is 1. The summed E-state index contributed by atoms with van der Waals surface area (Å²) in [5, 5.41) is 9.78. The molecule has 0 rings (SSSR count). The van der Waals surface area contributed by atoms with Crippen LogP contribution in [0.2, 0.25) is 0 Å². The zero-order valence-corrected chi connectivity index (χ0v) is 34.0. The molecule has 0 aromatic rings. The number of nitrogens with zero attached hydrogens (tertiary/aromatic N) is 1. The van der Waals surface area contributed by atoms with Crippen LogP contribution in [0.4, 0.5) is 0 Å². The Hall–Kier alpha value is 0.220. The molecule has 10 heteroatoms. The highest BCUT2D eigenvalue weighted by Crippen LogP contribution is 2.54. The molecular weight excluding hydrogens is 632 g/mol. The van der Waals surface area contributed by atoms with E-state index in [-0.39, 0.29) is 19.2 Å². The number of hydrogen-bond donors (Lipinski definition) is 1. The van der Waals surface area contributed by atoms with E-state index in [2.05, 4.69) is 55.4 Å². The van der Waals surface area contributed by atoms with Gasteiger partial charge in [0.1, 0.15) is 12.6 Å². The minimum absolute atomic E-state index is 0.00177. The molecule has 0 aliphatic rings. The van der Waals surface area contributed by atoms with Gasteiger partial charge >= 0.3 is 15.2 Å². The first-order chi connectivity index (χ1) is 22.6. The van der Waals surface area contributed by atoms with Crippen molar-refractivity contribution in [2.45, 2.75) is 165 Å². The van der Waals surface area contributed by atoms with Crippen LogP contribution in [0.15, 0.2) is 0 Å². The van der Waals surface area contributed by atoms with Gasteiger partial charge in [-0.3, -0.25) is 14.0 Å². The predicted molar refractivity (Wildman–Crippen MR) is 200 cm³/mol. The van der Waals surface area contributed by atoms with Crippen molar-refractivity contribution in [1.82, 2.24) is 4.90 Å². The molecule has 8 nitrogen and oxygen atoms in total. The van der Waals surface area contributed by atoms with E-state index in [9.17, 15) is 14.2 Å². The van der Waals surface area contributed by atoms with E-state index in [1.165, 1.54) is 0 Å². The second-order valence-corrected chi connectivity index (χ2v) is 17.9. The lowest BCUT2D eigenvalue weighted by atomic mass is 10.0. The molecule has 0 radical (unpaired) electrons. The lowest BCUT2D eigenvalue weighted by molar-refractivity contribution is 0.128. The number of aliphatic hydroxyl groups is 1. The Morgan fingerprint density at radius 2 is 0.766 bits per heavy atom. The predicted octanol–water partition coefficient (Wildman–Crippen LogP) is 11.9. The van der Waals surface area contributed by atoms with E-state index in [4.69, 9.17) is 18.1 Å². The molecule has 4 unspecified atom stereocenters. The van der Waals surface area contributed by atoms with Gasteiger partial charge in [0.2, 0.25) is 0 Å². The van der Waals surface area contributed by atoms with Crippen molar-refractivity contribution in [3.63, 3.8) is 0 Å². The highest BCUT2D eigenvalue weighted by molar-refractivity contribution is 7.54. The summed E-state index contributed by atoms with van der Waals surface area (Å²) in [4.78, 5) is 1.86. The van der Waals surface area contributed by atoms with Gasteiger partial charge in [-0.15, -0.1) is 0 Å². The lowest BCUT2D eigenvalue weighted by Gasteiger charge is -2.32. The summed E-state index contributed by atoms with van der Waals surface area (Å²) in [5.74, 6) is 1.23. The summed E-state index contributed by atoms with van der Waals surface area (Å²) >= 11 is 0. The van der Waals surface area contributed by atoms with Crippen molar-refractivity contribution in [1.29, 1.82) is 0 Å². The summed E-state index contributed by atoms with van der Waals surface area (Å²) in [7, 11) is -7.21. The highest BCUT2D eigenvalue weighted by Gasteiger charge is 2.36. The molecule has 0 aromatic heterocycles. The van der Waals surface area contributed by atoms with Crippen molar-refractivity contribution < 1.29 is 32.3 Å². The van der Waals surface area contributed by atoms with Gasteiger partial charge in [-0.2, -0.15) is 0 Å². The first kappa shape index (κ1) is 47.2. The van der Waals surface area contributed by atoms with E-state index in [0.717, 1.165) is 103 Å². The van der Waals surface area contributed by atoms with Gasteiger partial charge in [0.05, 0.1) is 26.4 Å². The van der Waals surface area contributed by atoms with Gasteiger partial charge in [0.15, 0.2) is 0 Å². The van der Waals surface area contributed by atoms with Gasteiger partial charge in [-0.25, -0.2) is 0 Å². The molecule has 0 aliphatic heterocycles. The molecule has 0 heterocycles. The Morgan fingerprint density at radius 1 is 0.489 bits per heavy atom. The molecule has 0 aromatic carbocycles. The summed E-state index contributed by atoms with van der Waals surface area (Å²) in [6.07, 6.45) is 17.2. The van der Waals surface area contributed by atoms with Gasteiger partial charge in [0, 0.05) is 13.2 Å². The van der Waals surface area contributed by atoms with E-state index >= 15 is 0 Å². The molecule has 0 aliphatic carbocycles. The smallest absolute Gasteiger partial charge is 0.344 e. The molecule has 0 fully saturated rings. The fraction of sp³-hybridized carbons (Fsp3) is 1.00. The number of hydrogen-bond acceptors (Lipinski definition) is 8. The Balaban J connectivity index is 6.24. The maximum absolute atomic E-state index is 14.6. The van der Waals surface area contributed by atoms with E-state index in [1.54, 1.807) is 0 Å². The Bertz CT molecular complexity index is 695. The standard InChI is InChI=1S/C37H79NO7P2/c1-9-17-22-34(13-5)28-42-46(40,43-29-35(14-6)23-18-10-2)32-38(26-21-27-39)33-47(41,44-30-36(15-7)24-19-11-3)45-31-37(16-8)25-20-12-4/h34-37,39H,9-33H2,1-8H3. The molecule has 1 N–H and O–H groups in total. The minimum Gasteiger partial charge on any atom is -0.396 e. The fourth-order valence-electron chi connectivity index (χ4n) is 5.68. The largest absolute Gasteiger partial charge is 0.396 e. The molecule has 0 saturated carbocycles. The Morgan fingerprint density at radius 3 is 0.979 bits per heavy atom. The maximum atomic E-state index is 14.6. The van der Waals surface area contributed by atoms with Crippen LogP contribution >= 0.6 is 15.2 Å². The molecule has 4 atom stereocenters. The number of rotatable bonds is 35. The molecule has 0 amide bonds. The molecule has 0 bridgehead atoms. The third kappa shape index (κ3) is 23.3. The van der Waals surface area contributed by atoms with Gasteiger partial charge in [0.25, 0.3) is 0 Å². The summed E-state index contributed by atoms with van der Waals surface area (Å²) in [6.45, 7) is 19.2. The van der Waals surface area contributed by atoms with Gasteiger partial charge in [-0.05, 0) is 55.8 Å². The average molecular weight is 712 g/mol. The second kappa shape index (κ2) is 29.9. The van der Waals surface area contributed by atoms with Crippen molar-refractivity contribution in [3.8, 4) is 0 Å². The quantitative estimate of drug-likeness (QED) is 0.0649. The Labute approximate surface area is 292 Å². The van der Waals surface area contributed by atoms with Crippen molar-refractivity contribution >= 4 is 15.2 Å². The minimum atomic E-state index is -3.61. The summed E-state index contributed by atoms with van der Waals surface area (Å²) in [6, 6.07) is 0. The molecular formula is C37H79NO7P2. The molecule has 47 heavy (non-hydrogen) atoms. The molecule has 0 spiro atoms. The topological polar surface area (TPSA) is 94.5 Å². The van der Waals surface area contributed by atoms with Gasteiger partial charge < -0.3 is 23.2 Å². The first-order valence-corrected chi connectivity index (χ1v) is 23.2. The normalized spacial score (nSPS) is 17.3. The van der Waals surface area contributed by atoms with E-state index < -0.39 is 15.2 Å². The summed E-state index contributed by atoms with van der Waals surface area (Å²) < 4.78 is 54.3. The second-order valence-electron chi connectivity index (χ2n) is 13.8. The van der Waals surface area contributed by atoms with Crippen LogP contribution in [-0.4, -0.2) is 62.2 Å². The van der Waals surface area contributed by atoms with Crippen LogP contribution in [-0.2, 0) is 27.2 Å². The zero-order valence-electron chi connectivity index (χ0n) is 32.2. The zero-order chi connectivity index (χ0) is 35.4. The lowest BCUT2D eigenvalue weighted by Crippen LogP contribution is -2.31. The Kier molecular flexibility index (Phi) is 30.0. The average Bonchev–Trinajstić information content (AvgIpc) is 3.07. The van der Waals surface area contributed by atoms with E-state index in [0.29, 0.717) is 63.1 Å². The SMILES string of the molecule is CCCCC(CC)COP(=O)(CN(CCCO)CP(=O)(OCC(CC)CCCC)OCC(CC)CCCC)OCC(CC)CCCC. The van der Waals surface area contributed by atoms with Crippen LogP contribution in [0.25, 0.3) is 0 Å². The van der Waals surface area contributed by atoms with Gasteiger partial charge in [-0.1, -0.05) is 132 Å². The van der Waals surface area contributed by atoms with Crippen LogP contribution in [0, 0.1) is 23.7 Å². The monoisotopic (exact) mass is 712 g/mol. The third-order valence-corrected chi connectivity index (χ3v) is 13.2. The van der Waals surface area contributed by atoms with Crippen LogP contribution < -0.4 is 0 Å². The first-order valence-electron chi connectivity index (χ1n) is 19.7. The van der Waals surface area contributed by atoms with Crippen molar-refractivity contribution in [3.05, 3.63) is 0 Å².